The van der Waals surface area contributed by atoms with Crippen molar-refractivity contribution in [3.8, 4) is 0 Å². The fourth-order valence-corrected chi connectivity index (χ4v) is 3.92. The lowest BCUT2D eigenvalue weighted by molar-refractivity contribution is -0.118. The normalized spacial score (nSPS) is 20.5. The van der Waals surface area contributed by atoms with E-state index < -0.39 is 0 Å². The molecule has 1 amide bonds. The standard InChI is InChI=1S/C16H20INO/c17-14-8-9-15-13(10-14)6-3-7-16(19)18(15)11-12-4-1-2-5-12/h8-10,12H,1-7,11H2. The van der Waals surface area contributed by atoms with Crippen molar-refractivity contribution in [3.63, 3.8) is 0 Å². The molecule has 0 spiro atoms. The van der Waals surface area contributed by atoms with Crippen LogP contribution in [-0.2, 0) is 11.2 Å². The summed E-state index contributed by atoms with van der Waals surface area (Å²) in [4.78, 5) is 14.5. The summed E-state index contributed by atoms with van der Waals surface area (Å²) in [6.45, 7) is 0.937. The Labute approximate surface area is 128 Å². The van der Waals surface area contributed by atoms with E-state index in [1.54, 1.807) is 0 Å². The zero-order valence-corrected chi connectivity index (χ0v) is 13.4. The Bertz CT molecular complexity index is 480. The second-order valence-corrected chi connectivity index (χ2v) is 7.03. The van der Waals surface area contributed by atoms with Gasteiger partial charge in [0.2, 0.25) is 5.91 Å². The Morgan fingerprint density at radius 3 is 2.74 bits per heavy atom. The predicted molar refractivity (Wildman–Crippen MR) is 86.4 cm³/mol. The van der Waals surface area contributed by atoms with E-state index in [0.29, 0.717) is 18.2 Å². The maximum absolute atomic E-state index is 12.4. The van der Waals surface area contributed by atoms with Gasteiger partial charge in [0.25, 0.3) is 0 Å². The lowest BCUT2D eigenvalue weighted by atomic mass is 10.1. The van der Waals surface area contributed by atoms with E-state index in [4.69, 9.17) is 0 Å². The number of nitrogens with zero attached hydrogens (tertiary/aromatic N) is 1. The largest absolute Gasteiger partial charge is 0.312 e. The van der Waals surface area contributed by atoms with Crippen molar-refractivity contribution in [2.45, 2.75) is 44.9 Å². The predicted octanol–water partition coefficient (Wildman–Crippen LogP) is 4.15. The first kappa shape index (κ1) is 13.4. The number of anilines is 1. The summed E-state index contributed by atoms with van der Waals surface area (Å²) in [6.07, 6.45) is 8.01. The highest BCUT2D eigenvalue weighted by Gasteiger charge is 2.26. The second kappa shape index (κ2) is 5.81. The number of hydrogen-bond donors (Lipinski definition) is 0. The van der Waals surface area contributed by atoms with Crippen molar-refractivity contribution in [3.05, 3.63) is 27.3 Å². The molecule has 1 aromatic carbocycles. The molecule has 0 saturated heterocycles. The van der Waals surface area contributed by atoms with Crippen LogP contribution in [0.4, 0.5) is 5.69 Å². The zero-order valence-electron chi connectivity index (χ0n) is 11.2. The Morgan fingerprint density at radius 1 is 1.16 bits per heavy atom. The van der Waals surface area contributed by atoms with Crippen LogP contribution in [0.3, 0.4) is 0 Å². The highest BCUT2D eigenvalue weighted by atomic mass is 127. The van der Waals surface area contributed by atoms with Crippen LogP contribution in [0, 0.1) is 9.49 Å². The quantitative estimate of drug-likeness (QED) is 0.718. The number of hydrogen-bond acceptors (Lipinski definition) is 1. The van der Waals surface area contributed by atoms with Gasteiger partial charge >= 0.3 is 0 Å². The molecule has 2 aliphatic rings. The van der Waals surface area contributed by atoms with Crippen LogP contribution in [0.15, 0.2) is 18.2 Å². The molecule has 3 heteroatoms. The van der Waals surface area contributed by atoms with Crippen molar-refractivity contribution in [2.24, 2.45) is 5.92 Å². The molecule has 0 radical (unpaired) electrons. The minimum atomic E-state index is 0.326. The molecule has 102 valence electrons. The van der Waals surface area contributed by atoms with E-state index in [9.17, 15) is 4.79 Å². The van der Waals surface area contributed by atoms with Crippen LogP contribution in [0.1, 0.15) is 44.1 Å². The van der Waals surface area contributed by atoms with Crippen molar-refractivity contribution in [1.29, 1.82) is 0 Å². The molecule has 1 heterocycles. The number of carbonyl (C=O) groups is 1. The summed E-state index contributed by atoms with van der Waals surface area (Å²) in [7, 11) is 0. The lowest BCUT2D eigenvalue weighted by Gasteiger charge is -2.26. The smallest absolute Gasteiger partial charge is 0.227 e. The first-order valence-corrected chi connectivity index (χ1v) is 8.41. The van der Waals surface area contributed by atoms with Gasteiger partial charge in [0.05, 0.1) is 0 Å². The van der Waals surface area contributed by atoms with Gasteiger partial charge in [-0.25, -0.2) is 0 Å². The molecule has 19 heavy (non-hydrogen) atoms. The van der Waals surface area contributed by atoms with Crippen LogP contribution in [0.25, 0.3) is 0 Å². The van der Waals surface area contributed by atoms with Gasteiger partial charge in [0.15, 0.2) is 0 Å². The van der Waals surface area contributed by atoms with Gasteiger partial charge in [-0.1, -0.05) is 12.8 Å². The SMILES string of the molecule is O=C1CCCc2cc(I)ccc2N1CC1CCCC1. The molecule has 1 saturated carbocycles. The summed E-state index contributed by atoms with van der Waals surface area (Å²) >= 11 is 2.36. The number of fused-ring (bicyclic) bond motifs is 1. The molecule has 1 aromatic rings. The third-order valence-electron chi connectivity index (χ3n) is 4.39. The van der Waals surface area contributed by atoms with Crippen LogP contribution in [-0.4, -0.2) is 12.5 Å². The molecule has 0 atom stereocenters. The van der Waals surface area contributed by atoms with Gasteiger partial charge < -0.3 is 4.90 Å². The number of rotatable bonds is 2. The van der Waals surface area contributed by atoms with Crippen LogP contribution < -0.4 is 4.90 Å². The molecule has 1 aliphatic heterocycles. The summed E-state index contributed by atoms with van der Waals surface area (Å²) in [5.41, 5.74) is 2.53. The molecule has 0 bridgehead atoms. The summed E-state index contributed by atoms with van der Waals surface area (Å²) < 4.78 is 1.27. The number of aryl methyl sites for hydroxylation is 1. The monoisotopic (exact) mass is 369 g/mol. The third kappa shape index (κ3) is 2.96. The van der Waals surface area contributed by atoms with Crippen molar-refractivity contribution in [1.82, 2.24) is 0 Å². The summed E-state index contributed by atoms with van der Waals surface area (Å²) in [5.74, 6) is 1.04. The van der Waals surface area contributed by atoms with Gasteiger partial charge in [-0.2, -0.15) is 0 Å². The van der Waals surface area contributed by atoms with Crippen LogP contribution in [0.2, 0.25) is 0 Å². The minimum Gasteiger partial charge on any atom is -0.312 e. The Balaban J connectivity index is 1.89. The zero-order chi connectivity index (χ0) is 13.2. The molecule has 0 unspecified atom stereocenters. The molecule has 0 N–H and O–H groups in total. The highest BCUT2D eigenvalue weighted by Crippen LogP contribution is 2.32. The maximum Gasteiger partial charge on any atom is 0.227 e. The third-order valence-corrected chi connectivity index (χ3v) is 5.06. The first-order valence-electron chi connectivity index (χ1n) is 7.33. The molecule has 3 rings (SSSR count). The maximum atomic E-state index is 12.4. The fraction of sp³-hybridized carbons (Fsp3) is 0.562. The highest BCUT2D eigenvalue weighted by molar-refractivity contribution is 14.1. The number of carbonyl (C=O) groups excluding carboxylic acids is 1. The van der Waals surface area contributed by atoms with Crippen molar-refractivity contribution in [2.75, 3.05) is 11.4 Å². The van der Waals surface area contributed by atoms with Gasteiger partial charge in [-0.15, -0.1) is 0 Å². The van der Waals surface area contributed by atoms with E-state index in [-0.39, 0.29) is 0 Å². The van der Waals surface area contributed by atoms with Gasteiger partial charge in [-0.3, -0.25) is 4.79 Å². The van der Waals surface area contributed by atoms with Gasteiger partial charge in [0, 0.05) is 22.2 Å². The van der Waals surface area contributed by atoms with E-state index in [2.05, 4.69) is 45.7 Å². The van der Waals surface area contributed by atoms with E-state index in [1.807, 2.05) is 0 Å². The lowest BCUT2D eigenvalue weighted by Crippen LogP contribution is -2.34. The number of amides is 1. The molecule has 1 fully saturated rings. The molecular weight excluding hydrogens is 349 g/mol. The Hall–Kier alpha value is -0.580. The molecule has 2 nitrogen and oxygen atoms in total. The molecule has 0 aromatic heterocycles. The first-order chi connectivity index (χ1) is 9.24. The molecular formula is C16H20INO. The topological polar surface area (TPSA) is 20.3 Å². The van der Waals surface area contributed by atoms with E-state index in [1.165, 1.54) is 40.5 Å². The van der Waals surface area contributed by atoms with Gasteiger partial charge in [0.1, 0.15) is 0 Å². The van der Waals surface area contributed by atoms with Crippen molar-refractivity contribution < 1.29 is 4.79 Å². The Kier molecular flexibility index (Phi) is 4.10. The minimum absolute atomic E-state index is 0.326. The molecule has 1 aliphatic carbocycles. The van der Waals surface area contributed by atoms with E-state index >= 15 is 0 Å². The average molecular weight is 369 g/mol. The Morgan fingerprint density at radius 2 is 1.95 bits per heavy atom. The average Bonchev–Trinajstić information content (AvgIpc) is 2.84. The number of benzene rings is 1. The van der Waals surface area contributed by atoms with E-state index in [0.717, 1.165) is 19.4 Å². The second-order valence-electron chi connectivity index (χ2n) is 5.78. The fourth-order valence-electron chi connectivity index (χ4n) is 3.37. The van der Waals surface area contributed by atoms with Crippen molar-refractivity contribution >= 4 is 34.2 Å². The van der Waals surface area contributed by atoms with Crippen LogP contribution in [0.5, 0.6) is 0 Å². The van der Waals surface area contributed by atoms with Gasteiger partial charge in [-0.05, 0) is 78.0 Å². The van der Waals surface area contributed by atoms with Crippen LogP contribution >= 0.6 is 22.6 Å². The summed E-state index contributed by atoms with van der Waals surface area (Å²) in [5, 5.41) is 0. The number of halogens is 1. The summed E-state index contributed by atoms with van der Waals surface area (Å²) in [6, 6.07) is 6.52.